The maximum atomic E-state index is 13.0. The molecule has 2 unspecified atom stereocenters. The van der Waals surface area contributed by atoms with Crippen LogP contribution in [0, 0.1) is 5.92 Å². The third kappa shape index (κ3) is 66.5. The second-order valence-electron chi connectivity index (χ2n) is 26.5. The number of ether oxygens (including phenoxy) is 4. The highest BCUT2D eigenvalue weighted by atomic mass is 31.2. The summed E-state index contributed by atoms with van der Waals surface area (Å²) in [5.41, 5.74) is 0. The molecule has 0 aliphatic heterocycles. The molecule has 0 saturated heterocycles. The van der Waals surface area contributed by atoms with Gasteiger partial charge >= 0.3 is 39.5 Å². The average Bonchev–Trinajstić information content (AvgIpc) is 3.20. The first kappa shape index (κ1) is 89.1. The summed E-state index contributed by atoms with van der Waals surface area (Å²) in [5, 5.41) is 10.6. The van der Waals surface area contributed by atoms with Crippen LogP contribution in [0.2, 0.25) is 0 Å². The van der Waals surface area contributed by atoms with Crippen molar-refractivity contribution in [1.29, 1.82) is 0 Å². The van der Waals surface area contributed by atoms with E-state index < -0.39 is 97.5 Å². The lowest BCUT2D eigenvalue weighted by Crippen LogP contribution is -2.30. The molecule has 0 fully saturated rings. The molecule has 0 aromatic rings. The molecule has 0 spiro atoms. The normalized spacial score (nSPS) is 14.0. The van der Waals surface area contributed by atoms with Gasteiger partial charge in [0.15, 0.2) is 12.2 Å². The highest BCUT2D eigenvalue weighted by Gasteiger charge is 2.30. The highest BCUT2D eigenvalue weighted by Crippen LogP contribution is 2.45. The number of carbonyl (C=O) groups excluding carboxylic acids is 4. The van der Waals surface area contributed by atoms with Crippen molar-refractivity contribution >= 4 is 39.5 Å². The van der Waals surface area contributed by atoms with E-state index in [-0.39, 0.29) is 25.7 Å². The summed E-state index contributed by atoms with van der Waals surface area (Å²) in [5.74, 6) is -1.32. The molecule has 0 bridgehead atoms. The minimum Gasteiger partial charge on any atom is -0.462 e. The Hall–Kier alpha value is -1.94. The first-order valence-corrected chi connectivity index (χ1v) is 40.6. The number of rotatable bonds is 72. The van der Waals surface area contributed by atoms with Gasteiger partial charge in [0.1, 0.15) is 19.3 Å². The van der Waals surface area contributed by atoms with Gasteiger partial charge < -0.3 is 33.8 Å². The lowest BCUT2D eigenvalue weighted by atomic mass is 10.0. The number of phosphoric acid groups is 2. The van der Waals surface area contributed by atoms with Crippen LogP contribution in [0.1, 0.15) is 375 Å². The Morgan fingerprint density at radius 2 is 0.505 bits per heavy atom. The molecule has 0 aromatic heterocycles. The molecule has 5 atom stereocenters. The molecule has 0 aliphatic rings. The molecule has 0 radical (unpaired) electrons. The largest absolute Gasteiger partial charge is 0.472 e. The average molecular weight is 1340 g/mol. The van der Waals surface area contributed by atoms with Gasteiger partial charge in [-0.25, -0.2) is 9.13 Å². The maximum Gasteiger partial charge on any atom is 0.472 e. The summed E-state index contributed by atoms with van der Waals surface area (Å²) in [7, 11) is -9.89. The van der Waals surface area contributed by atoms with Gasteiger partial charge in [-0.1, -0.05) is 324 Å². The number of phosphoric ester groups is 2. The Kier molecular flexibility index (Phi) is 64.0. The van der Waals surface area contributed by atoms with Crippen molar-refractivity contribution in [2.75, 3.05) is 39.6 Å². The zero-order chi connectivity index (χ0) is 67.0. The van der Waals surface area contributed by atoms with Crippen LogP contribution in [0.4, 0.5) is 0 Å². The van der Waals surface area contributed by atoms with Gasteiger partial charge in [0, 0.05) is 25.7 Å². The Labute approximate surface area is 556 Å². The van der Waals surface area contributed by atoms with Crippen LogP contribution in [0.3, 0.4) is 0 Å². The molecule has 540 valence electrons. The van der Waals surface area contributed by atoms with E-state index in [0.29, 0.717) is 25.7 Å². The van der Waals surface area contributed by atoms with E-state index >= 15 is 0 Å². The molecule has 0 heterocycles. The zero-order valence-corrected chi connectivity index (χ0v) is 60.8. The highest BCUT2D eigenvalue weighted by molar-refractivity contribution is 7.47. The number of carbonyl (C=O) groups is 4. The van der Waals surface area contributed by atoms with E-state index in [1.165, 1.54) is 186 Å². The first-order chi connectivity index (χ1) is 44.0. The van der Waals surface area contributed by atoms with Crippen LogP contribution in [-0.4, -0.2) is 96.7 Å². The van der Waals surface area contributed by atoms with Gasteiger partial charge in [-0.3, -0.25) is 37.3 Å². The van der Waals surface area contributed by atoms with Crippen molar-refractivity contribution in [2.24, 2.45) is 5.92 Å². The second-order valence-corrected chi connectivity index (χ2v) is 29.4. The third-order valence-corrected chi connectivity index (χ3v) is 18.7. The van der Waals surface area contributed by atoms with Crippen LogP contribution in [0.25, 0.3) is 0 Å². The van der Waals surface area contributed by atoms with Crippen molar-refractivity contribution in [3.63, 3.8) is 0 Å². The van der Waals surface area contributed by atoms with Crippen LogP contribution in [0.5, 0.6) is 0 Å². The molecular weight excluding hydrogens is 1200 g/mol. The van der Waals surface area contributed by atoms with Crippen LogP contribution >= 0.6 is 15.6 Å². The number of unbranched alkanes of at least 4 members (excludes halogenated alkanes) is 44. The topological polar surface area (TPSA) is 237 Å². The lowest BCUT2D eigenvalue weighted by molar-refractivity contribution is -0.161. The molecule has 3 N–H and O–H groups in total. The standard InChI is InChI=1S/C72H140O17P2/c1-6-9-12-15-18-21-22-23-24-25-28-31-34-37-42-46-51-56-70(75)83-62-68(89-72(77)58-53-48-43-38-35-32-29-26-27-30-33-36-39-44-49-54-65(4)5)64-87-91(80,81)85-60-66(73)59-84-90(78,79)86-63-67(88-71(76)57-52-47-41-20-17-14-11-8-3)61-82-69(74)55-50-45-40-19-16-13-10-7-2/h65-68,73H,6-64H2,1-5H3,(H,78,79)(H,80,81)/t66-,67+,68+/m0/s1. The maximum absolute atomic E-state index is 13.0. The van der Waals surface area contributed by atoms with Gasteiger partial charge in [-0.05, 0) is 31.6 Å². The van der Waals surface area contributed by atoms with E-state index in [1.54, 1.807) is 0 Å². The first-order valence-electron chi connectivity index (χ1n) is 37.6. The summed E-state index contributed by atoms with van der Waals surface area (Å²) in [4.78, 5) is 72.4. The summed E-state index contributed by atoms with van der Waals surface area (Å²) in [6.07, 6.45) is 52.9. The fourth-order valence-electron chi connectivity index (χ4n) is 11.0. The molecule has 0 amide bonds. The number of esters is 4. The Balaban J connectivity index is 5.17. The van der Waals surface area contributed by atoms with Crippen molar-refractivity contribution in [2.45, 2.75) is 393 Å². The van der Waals surface area contributed by atoms with Crippen LogP contribution in [-0.2, 0) is 65.4 Å². The van der Waals surface area contributed by atoms with Crippen molar-refractivity contribution < 1.29 is 80.2 Å². The fourth-order valence-corrected chi connectivity index (χ4v) is 12.6. The van der Waals surface area contributed by atoms with Crippen molar-refractivity contribution in [1.82, 2.24) is 0 Å². The summed E-state index contributed by atoms with van der Waals surface area (Å²) < 4.78 is 68.2. The van der Waals surface area contributed by atoms with Crippen molar-refractivity contribution in [3.05, 3.63) is 0 Å². The predicted molar refractivity (Wildman–Crippen MR) is 368 cm³/mol. The van der Waals surface area contributed by atoms with Gasteiger partial charge in [0.2, 0.25) is 0 Å². The molecule has 0 saturated carbocycles. The molecule has 91 heavy (non-hydrogen) atoms. The zero-order valence-electron chi connectivity index (χ0n) is 59.0. The molecular formula is C72H140O17P2. The van der Waals surface area contributed by atoms with E-state index in [2.05, 4.69) is 34.6 Å². The summed E-state index contributed by atoms with van der Waals surface area (Å²) in [6.45, 7) is 7.23. The minimum absolute atomic E-state index is 0.105. The number of hydrogen-bond donors (Lipinski definition) is 3. The monoisotopic (exact) mass is 1340 g/mol. The second kappa shape index (κ2) is 65.4. The van der Waals surface area contributed by atoms with E-state index in [0.717, 1.165) is 109 Å². The SMILES string of the molecule is CCCCCCCCCCCCCCCCCCCC(=O)OC[C@H](COP(=O)(O)OC[C@@H](O)COP(=O)(O)OC[C@@H](COC(=O)CCCCCCCCCC)OC(=O)CCCCCCCCCC)OC(=O)CCCCCCCCCCCCCCCCCC(C)C. The third-order valence-electron chi connectivity index (χ3n) is 16.8. The van der Waals surface area contributed by atoms with Gasteiger partial charge in [-0.2, -0.15) is 0 Å². The number of aliphatic hydroxyl groups excluding tert-OH is 1. The van der Waals surface area contributed by atoms with Crippen LogP contribution in [0.15, 0.2) is 0 Å². The van der Waals surface area contributed by atoms with E-state index in [4.69, 9.17) is 37.0 Å². The Morgan fingerprint density at radius 1 is 0.297 bits per heavy atom. The van der Waals surface area contributed by atoms with E-state index in [1.807, 2.05) is 0 Å². The number of hydrogen-bond acceptors (Lipinski definition) is 15. The van der Waals surface area contributed by atoms with Crippen molar-refractivity contribution in [3.8, 4) is 0 Å². The van der Waals surface area contributed by atoms with E-state index in [9.17, 15) is 43.2 Å². The molecule has 17 nitrogen and oxygen atoms in total. The predicted octanol–water partition coefficient (Wildman–Crippen LogP) is 20.9. The molecule has 0 aromatic carbocycles. The number of aliphatic hydroxyl groups is 1. The summed E-state index contributed by atoms with van der Waals surface area (Å²) >= 11 is 0. The van der Waals surface area contributed by atoms with Gasteiger partial charge in [0.25, 0.3) is 0 Å². The molecule has 19 heteroatoms. The van der Waals surface area contributed by atoms with Gasteiger partial charge in [-0.15, -0.1) is 0 Å². The Bertz CT molecular complexity index is 1750. The fraction of sp³-hybridized carbons (Fsp3) is 0.944. The smallest absolute Gasteiger partial charge is 0.462 e. The molecule has 0 aliphatic carbocycles. The Morgan fingerprint density at radius 3 is 0.747 bits per heavy atom. The van der Waals surface area contributed by atoms with Gasteiger partial charge in [0.05, 0.1) is 26.4 Å². The lowest BCUT2D eigenvalue weighted by Gasteiger charge is -2.21. The summed E-state index contributed by atoms with van der Waals surface area (Å²) in [6, 6.07) is 0. The quantitative estimate of drug-likeness (QED) is 0.0222. The van der Waals surface area contributed by atoms with Crippen LogP contribution < -0.4 is 0 Å². The molecule has 0 rings (SSSR count). The minimum atomic E-state index is -4.95.